The number of amides is 1. The maximum absolute atomic E-state index is 12.3. The van der Waals surface area contributed by atoms with Crippen LogP contribution in [0.5, 0.6) is 0 Å². The first-order chi connectivity index (χ1) is 14.8. The highest BCUT2D eigenvalue weighted by atomic mass is 32.2. The molecule has 0 saturated carbocycles. The van der Waals surface area contributed by atoms with E-state index in [4.69, 9.17) is 0 Å². The number of nitrogens with one attached hydrogen (secondary N) is 1. The fraction of sp³-hybridized carbons (Fsp3) is 0.273. The summed E-state index contributed by atoms with van der Waals surface area (Å²) in [4.78, 5) is 30.6. The van der Waals surface area contributed by atoms with Crippen LogP contribution in [0.1, 0.15) is 5.56 Å². The van der Waals surface area contributed by atoms with Gasteiger partial charge in [-0.15, -0.1) is 11.8 Å². The molecule has 0 atom stereocenters. The second-order valence-electron chi connectivity index (χ2n) is 7.03. The van der Waals surface area contributed by atoms with Crippen molar-refractivity contribution in [3.63, 3.8) is 0 Å². The Hall–Kier alpha value is -2.97. The minimum Gasteiger partial charge on any atom is -0.354 e. The Morgan fingerprint density at radius 1 is 1.00 bits per heavy atom. The van der Waals surface area contributed by atoms with E-state index in [1.54, 1.807) is 12.4 Å². The number of carbonyl (C=O) groups excluding carboxylic acids is 1. The lowest BCUT2D eigenvalue weighted by molar-refractivity contribution is -0.113. The Morgan fingerprint density at radius 2 is 1.77 bits per heavy atom. The molecule has 2 aromatic heterocycles. The summed E-state index contributed by atoms with van der Waals surface area (Å²) in [5, 5.41) is 2.87. The third-order valence-electron chi connectivity index (χ3n) is 4.89. The predicted molar refractivity (Wildman–Crippen MR) is 120 cm³/mol. The molecule has 8 heteroatoms. The number of hydrogen-bond donors (Lipinski definition) is 1. The van der Waals surface area contributed by atoms with E-state index in [1.165, 1.54) is 23.7 Å². The van der Waals surface area contributed by atoms with Gasteiger partial charge in [-0.2, -0.15) is 0 Å². The zero-order valence-electron chi connectivity index (χ0n) is 16.6. The lowest BCUT2D eigenvalue weighted by Gasteiger charge is -2.35. The summed E-state index contributed by atoms with van der Waals surface area (Å²) in [5.74, 6) is 1.62. The summed E-state index contributed by atoms with van der Waals surface area (Å²) >= 11 is 1.47. The maximum atomic E-state index is 12.3. The molecule has 1 aliphatic heterocycles. The monoisotopic (exact) mass is 420 g/mol. The normalized spacial score (nSPS) is 14.5. The van der Waals surface area contributed by atoms with Crippen LogP contribution in [0.15, 0.2) is 72.1 Å². The highest BCUT2D eigenvalue weighted by Gasteiger charge is 2.19. The summed E-state index contributed by atoms with van der Waals surface area (Å²) in [6, 6.07) is 16.2. The molecule has 0 unspecified atom stereocenters. The summed E-state index contributed by atoms with van der Waals surface area (Å²) in [6.45, 7) is 4.71. The van der Waals surface area contributed by atoms with Crippen LogP contribution in [-0.4, -0.2) is 57.7 Å². The van der Waals surface area contributed by atoms with Crippen molar-refractivity contribution in [2.45, 2.75) is 11.4 Å². The highest BCUT2D eigenvalue weighted by Crippen LogP contribution is 2.19. The van der Waals surface area contributed by atoms with E-state index in [1.807, 2.05) is 24.3 Å². The van der Waals surface area contributed by atoms with Crippen molar-refractivity contribution in [3.05, 3.63) is 72.8 Å². The van der Waals surface area contributed by atoms with E-state index >= 15 is 0 Å². The van der Waals surface area contributed by atoms with E-state index in [0.29, 0.717) is 11.6 Å². The molecule has 30 heavy (non-hydrogen) atoms. The Kier molecular flexibility index (Phi) is 6.89. The minimum atomic E-state index is -0.0888. The van der Waals surface area contributed by atoms with Gasteiger partial charge in [0.15, 0.2) is 0 Å². The average Bonchev–Trinajstić information content (AvgIpc) is 2.80. The molecule has 1 saturated heterocycles. The smallest absolute Gasteiger partial charge is 0.235 e. The SMILES string of the molecule is O=C(CSc1ccncc1)Nc1cc(N2CCN(Cc3ccccc3)CC2)ncn1. The highest BCUT2D eigenvalue weighted by molar-refractivity contribution is 8.00. The van der Waals surface area contributed by atoms with Crippen molar-refractivity contribution >= 4 is 29.3 Å². The zero-order chi connectivity index (χ0) is 20.6. The van der Waals surface area contributed by atoms with E-state index in [-0.39, 0.29) is 5.91 Å². The third kappa shape index (κ3) is 5.77. The van der Waals surface area contributed by atoms with Gasteiger partial charge in [-0.05, 0) is 17.7 Å². The number of nitrogens with zero attached hydrogens (tertiary/aromatic N) is 5. The molecule has 0 aliphatic carbocycles. The van der Waals surface area contributed by atoms with Crippen LogP contribution < -0.4 is 10.2 Å². The van der Waals surface area contributed by atoms with E-state index in [0.717, 1.165) is 43.4 Å². The first-order valence-corrected chi connectivity index (χ1v) is 10.9. The molecule has 1 amide bonds. The first-order valence-electron chi connectivity index (χ1n) is 9.92. The predicted octanol–water partition coefficient (Wildman–Crippen LogP) is 2.92. The standard InChI is InChI=1S/C22H24N6OS/c29-22(16-30-19-6-8-23-9-7-19)26-20-14-21(25-17-24-20)28-12-10-27(11-13-28)15-18-4-2-1-3-5-18/h1-9,14,17H,10-13,15-16H2,(H,24,25,26,29). The van der Waals surface area contributed by atoms with Crippen molar-refractivity contribution in [1.82, 2.24) is 19.9 Å². The Labute approximate surface area is 180 Å². The van der Waals surface area contributed by atoms with Crippen LogP contribution in [0.2, 0.25) is 0 Å². The molecule has 4 rings (SSSR count). The van der Waals surface area contributed by atoms with Crippen molar-refractivity contribution in [2.75, 3.05) is 42.1 Å². The van der Waals surface area contributed by atoms with Gasteiger partial charge in [0, 0.05) is 56.1 Å². The van der Waals surface area contributed by atoms with Crippen LogP contribution in [0, 0.1) is 0 Å². The van der Waals surface area contributed by atoms with Crippen LogP contribution in [0.4, 0.5) is 11.6 Å². The fourth-order valence-electron chi connectivity index (χ4n) is 3.33. The summed E-state index contributed by atoms with van der Waals surface area (Å²) in [5.41, 5.74) is 1.34. The van der Waals surface area contributed by atoms with Crippen molar-refractivity contribution < 1.29 is 4.79 Å². The number of benzene rings is 1. The van der Waals surface area contributed by atoms with E-state index in [2.05, 4.69) is 54.3 Å². The molecule has 7 nitrogen and oxygen atoms in total. The van der Waals surface area contributed by atoms with Gasteiger partial charge in [0.2, 0.25) is 5.91 Å². The second-order valence-corrected chi connectivity index (χ2v) is 8.08. The number of carbonyl (C=O) groups is 1. The number of hydrogen-bond acceptors (Lipinski definition) is 7. The lowest BCUT2D eigenvalue weighted by Crippen LogP contribution is -2.46. The van der Waals surface area contributed by atoms with Gasteiger partial charge < -0.3 is 10.2 Å². The number of aromatic nitrogens is 3. The topological polar surface area (TPSA) is 74.2 Å². The maximum Gasteiger partial charge on any atom is 0.235 e. The van der Waals surface area contributed by atoms with Gasteiger partial charge in [-0.1, -0.05) is 30.3 Å². The third-order valence-corrected chi connectivity index (χ3v) is 5.90. The molecule has 0 spiro atoms. The zero-order valence-corrected chi connectivity index (χ0v) is 17.5. The quantitative estimate of drug-likeness (QED) is 0.589. The summed E-state index contributed by atoms with van der Waals surface area (Å²) < 4.78 is 0. The molecule has 1 N–H and O–H groups in total. The van der Waals surface area contributed by atoms with Gasteiger partial charge in [0.25, 0.3) is 0 Å². The Balaban J connectivity index is 1.27. The fourth-order valence-corrected chi connectivity index (χ4v) is 4.01. The number of anilines is 2. The van der Waals surface area contributed by atoms with Crippen molar-refractivity contribution in [1.29, 1.82) is 0 Å². The van der Waals surface area contributed by atoms with Crippen molar-refractivity contribution in [3.8, 4) is 0 Å². The van der Waals surface area contributed by atoms with Gasteiger partial charge in [0.1, 0.15) is 18.0 Å². The number of rotatable bonds is 7. The van der Waals surface area contributed by atoms with Crippen LogP contribution >= 0.6 is 11.8 Å². The van der Waals surface area contributed by atoms with Crippen LogP contribution in [0.3, 0.4) is 0 Å². The molecule has 1 aliphatic rings. The number of thioether (sulfide) groups is 1. The van der Waals surface area contributed by atoms with E-state index < -0.39 is 0 Å². The molecule has 3 heterocycles. The van der Waals surface area contributed by atoms with Gasteiger partial charge >= 0.3 is 0 Å². The summed E-state index contributed by atoms with van der Waals surface area (Å²) in [6.07, 6.45) is 4.95. The van der Waals surface area contributed by atoms with Crippen molar-refractivity contribution in [2.24, 2.45) is 0 Å². The largest absolute Gasteiger partial charge is 0.354 e. The lowest BCUT2D eigenvalue weighted by atomic mass is 10.2. The van der Waals surface area contributed by atoms with Gasteiger partial charge in [-0.25, -0.2) is 9.97 Å². The molecular formula is C22H24N6OS. The Bertz CT molecular complexity index is 948. The molecule has 1 fully saturated rings. The second kappa shape index (κ2) is 10.2. The minimum absolute atomic E-state index is 0.0888. The number of pyridine rings is 1. The molecule has 0 bridgehead atoms. The van der Waals surface area contributed by atoms with Gasteiger partial charge in [0.05, 0.1) is 5.75 Å². The number of piperazine rings is 1. The molecular weight excluding hydrogens is 396 g/mol. The van der Waals surface area contributed by atoms with Gasteiger partial charge in [-0.3, -0.25) is 14.7 Å². The summed E-state index contributed by atoms with van der Waals surface area (Å²) in [7, 11) is 0. The first kappa shape index (κ1) is 20.3. The van der Waals surface area contributed by atoms with Crippen LogP contribution in [-0.2, 0) is 11.3 Å². The molecule has 154 valence electrons. The van der Waals surface area contributed by atoms with E-state index in [9.17, 15) is 4.79 Å². The molecule has 3 aromatic rings. The van der Waals surface area contributed by atoms with Crippen LogP contribution in [0.25, 0.3) is 0 Å². The average molecular weight is 421 g/mol. The Morgan fingerprint density at radius 3 is 2.53 bits per heavy atom. The molecule has 0 radical (unpaired) electrons. The molecule has 1 aromatic carbocycles.